The topological polar surface area (TPSA) is 104 Å². The Morgan fingerprint density at radius 3 is 2.26 bits per heavy atom. The van der Waals surface area contributed by atoms with Crippen LogP contribution in [0.1, 0.15) is 33.8 Å². The molecule has 1 aromatic heterocycles. The minimum atomic E-state index is -0.516. The van der Waals surface area contributed by atoms with E-state index < -0.39 is 11.9 Å². The minimum absolute atomic E-state index is 0. The number of hydrogen-bond donors (Lipinski definition) is 1. The van der Waals surface area contributed by atoms with Gasteiger partial charge in [-0.05, 0) is 43.2 Å². The highest BCUT2D eigenvalue weighted by Gasteiger charge is 2.11. The molecule has 0 aliphatic carbocycles. The number of phenolic OH excluding ortho intramolecular Hbond substituents is 1. The van der Waals surface area contributed by atoms with Crippen molar-refractivity contribution in [3.05, 3.63) is 60.2 Å². The van der Waals surface area contributed by atoms with Gasteiger partial charge in [-0.25, -0.2) is 4.79 Å². The van der Waals surface area contributed by atoms with E-state index in [4.69, 9.17) is 9.47 Å². The summed E-state index contributed by atoms with van der Waals surface area (Å²) < 4.78 is 9.91. The Hall–Kier alpha value is -3.68. The maximum absolute atomic E-state index is 11.9. The van der Waals surface area contributed by atoms with Crippen LogP contribution in [0, 0.1) is 0 Å². The predicted molar refractivity (Wildman–Crippen MR) is 119 cm³/mol. The molecule has 0 atom stereocenters. The normalized spacial score (nSPS) is 9.97. The smallest absolute Gasteiger partial charge is 0.333 e. The molecule has 0 bridgehead atoms. The lowest BCUT2D eigenvalue weighted by atomic mass is 10.1. The number of aromatic nitrogens is 3. The molecule has 3 rings (SSSR count). The molecule has 166 valence electrons. The average molecular weight is 428 g/mol. The quantitative estimate of drug-likeness (QED) is 0.329. The number of benzene rings is 2. The van der Waals surface area contributed by atoms with Gasteiger partial charge < -0.3 is 14.6 Å². The van der Waals surface area contributed by atoms with Crippen LogP contribution in [0.25, 0.3) is 16.7 Å². The van der Waals surface area contributed by atoms with Crippen LogP contribution in [0.2, 0.25) is 0 Å². The first-order valence-electron chi connectivity index (χ1n) is 9.06. The third-order valence-electron chi connectivity index (χ3n) is 4.09. The molecule has 0 amide bonds. The van der Waals surface area contributed by atoms with E-state index in [1.165, 1.54) is 4.80 Å². The number of aromatic hydroxyl groups is 1. The third-order valence-corrected chi connectivity index (χ3v) is 4.09. The van der Waals surface area contributed by atoms with E-state index in [-0.39, 0.29) is 40.2 Å². The number of hydrogen-bond acceptors (Lipinski definition) is 7. The summed E-state index contributed by atoms with van der Waals surface area (Å²) in [5, 5.41) is 18.9. The highest BCUT2D eigenvalue weighted by Crippen LogP contribution is 2.23. The van der Waals surface area contributed by atoms with Gasteiger partial charge in [-0.2, -0.15) is 0 Å². The van der Waals surface area contributed by atoms with Crippen molar-refractivity contribution in [3.63, 3.8) is 0 Å². The summed E-state index contributed by atoms with van der Waals surface area (Å²) in [5.74, 6) is -0.887. The Bertz CT molecular complexity index is 1030. The highest BCUT2D eigenvalue weighted by atomic mass is 16.6. The summed E-state index contributed by atoms with van der Waals surface area (Å²) in [5.41, 5.74) is 2.98. The van der Waals surface area contributed by atoms with Gasteiger partial charge in [-0.3, -0.25) is 4.79 Å². The average Bonchev–Trinajstić information content (AvgIpc) is 3.14. The molecule has 0 saturated heterocycles. The van der Waals surface area contributed by atoms with Gasteiger partial charge >= 0.3 is 11.9 Å². The second kappa shape index (κ2) is 11.5. The van der Waals surface area contributed by atoms with Gasteiger partial charge in [-0.15, -0.1) is 15.0 Å². The van der Waals surface area contributed by atoms with Gasteiger partial charge in [0.2, 0.25) is 0 Å². The van der Waals surface area contributed by atoms with Crippen molar-refractivity contribution < 1.29 is 24.2 Å². The molecule has 1 N–H and O–H groups in total. The van der Waals surface area contributed by atoms with Crippen LogP contribution in [0.15, 0.2) is 54.6 Å². The zero-order valence-corrected chi connectivity index (χ0v) is 16.0. The van der Waals surface area contributed by atoms with Crippen LogP contribution in [-0.4, -0.2) is 45.3 Å². The van der Waals surface area contributed by atoms with Crippen molar-refractivity contribution in [1.29, 1.82) is 0 Å². The fourth-order valence-electron chi connectivity index (χ4n) is 2.58. The SMILES string of the molecule is C.C.C=C(C)C(=O)OCCOC(=O)CCc1ccc(O)c(-n2nc3ccccc3n2)c1. The van der Waals surface area contributed by atoms with E-state index in [1.807, 2.05) is 24.3 Å². The van der Waals surface area contributed by atoms with Crippen molar-refractivity contribution in [2.75, 3.05) is 13.2 Å². The number of ether oxygens (including phenoxy) is 2. The molecule has 31 heavy (non-hydrogen) atoms. The lowest BCUT2D eigenvalue weighted by Crippen LogP contribution is -2.14. The van der Waals surface area contributed by atoms with Gasteiger partial charge in [-0.1, -0.05) is 39.6 Å². The fraction of sp³-hybridized carbons (Fsp3) is 0.304. The fourth-order valence-corrected chi connectivity index (χ4v) is 2.58. The van der Waals surface area contributed by atoms with Crippen LogP contribution in [0.5, 0.6) is 5.75 Å². The summed E-state index contributed by atoms with van der Waals surface area (Å²) in [6, 6.07) is 12.4. The minimum Gasteiger partial charge on any atom is -0.506 e. The van der Waals surface area contributed by atoms with Crippen molar-refractivity contribution in [2.24, 2.45) is 0 Å². The molecule has 3 aromatic rings. The van der Waals surface area contributed by atoms with E-state index in [9.17, 15) is 14.7 Å². The van der Waals surface area contributed by atoms with Gasteiger partial charge in [0.25, 0.3) is 0 Å². The number of esters is 2. The molecule has 0 radical (unpaired) electrons. The lowest BCUT2D eigenvalue weighted by Gasteiger charge is -2.08. The Morgan fingerprint density at radius 1 is 1.03 bits per heavy atom. The summed E-state index contributed by atoms with van der Waals surface area (Å²) in [6.07, 6.45) is 0.561. The van der Waals surface area contributed by atoms with Crippen LogP contribution in [0.3, 0.4) is 0 Å². The maximum atomic E-state index is 11.9. The molecule has 0 saturated carbocycles. The van der Waals surface area contributed by atoms with Crippen molar-refractivity contribution in [3.8, 4) is 11.4 Å². The van der Waals surface area contributed by atoms with E-state index in [0.29, 0.717) is 28.7 Å². The number of rotatable bonds is 8. The van der Waals surface area contributed by atoms with E-state index in [0.717, 1.165) is 5.56 Å². The maximum Gasteiger partial charge on any atom is 0.333 e. The van der Waals surface area contributed by atoms with E-state index in [2.05, 4.69) is 16.8 Å². The lowest BCUT2D eigenvalue weighted by molar-refractivity contribution is -0.150. The second-order valence-electron chi connectivity index (χ2n) is 6.44. The number of fused-ring (bicyclic) bond motifs is 1. The monoisotopic (exact) mass is 427 g/mol. The number of aryl methyl sites for hydroxylation is 1. The molecule has 0 fully saturated rings. The Kier molecular flexibility index (Phi) is 9.40. The Balaban J connectivity index is 0.00000240. The molecular weight excluding hydrogens is 398 g/mol. The molecule has 0 spiro atoms. The molecule has 0 unspecified atom stereocenters. The first-order valence-corrected chi connectivity index (χ1v) is 9.06. The Labute approximate surface area is 182 Å². The zero-order chi connectivity index (χ0) is 20.8. The van der Waals surface area contributed by atoms with Gasteiger partial charge in [0, 0.05) is 12.0 Å². The van der Waals surface area contributed by atoms with Crippen molar-refractivity contribution >= 4 is 23.0 Å². The van der Waals surface area contributed by atoms with Crippen LogP contribution in [-0.2, 0) is 25.5 Å². The van der Waals surface area contributed by atoms with Crippen molar-refractivity contribution in [2.45, 2.75) is 34.6 Å². The Morgan fingerprint density at radius 2 is 1.65 bits per heavy atom. The number of carbonyl (C=O) groups is 2. The molecular formula is C23H29N3O5. The van der Waals surface area contributed by atoms with Crippen LogP contribution < -0.4 is 0 Å². The molecule has 1 heterocycles. The number of phenols is 1. The summed E-state index contributed by atoms with van der Waals surface area (Å²) in [7, 11) is 0. The number of carbonyl (C=O) groups excluding carboxylic acids is 2. The van der Waals surface area contributed by atoms with E-state index in [1.54, 1.807) is 25.1 Å². The molecule has 0 aliphatic rings. The van der Waals surface area contributed by atoms with E-state index >= 15 is 0 Å². The summed E-state index contributed by atoms with van der Waals surface area (Å²) in [6.45, 7) is 4.99. The first kappa shape index (κ1) is 25.4. The first-order chi connectivity index (χ1) is 13.9. The van der Waals surface area contributed by atoms with Crippen molar-refractivity contribution in [1.82, 2.24) is 15.0 Å². The standard InChI is InChI=1S/C21H21N3O5.2CH4/c1-14(2)21(27)29-12-11-28-20(26)10-8-15-7-9-19(25)18(13-15)24-22-16-5-3-4-6-17(16)23-24;;/h3-7,9,13,25H,1,8,10-12H2,2H3;2*1H4. The zero-order valence-electron chi connectivity index (χ0n) is 16.0. The summed E-state index contributed by atoms with van der Waals surface area (Å²) >= 11 is 0. The molecule has 8 heteroatoms. The largest absolute Gasteiger partial charge is 0.506 e. The third kappa shape index (κ3) is 6.67. The van der Waals surface area contributed by atoms with Gasteiger partial charge in [0.15, 0.2) is 0 Å². The molecule has 8 nitrogen and oxygen atoms in total. The molecule has 0 aliphatic heterocycles. The second-order valence-corrected chi connectivity index (χ2v) is 6.44. The number of nitrogens with zero attached hydrogens (tertiary/aromatic N) is 3. The van der Waals surface area contributed by atoms with Gasteiger partial charge in [0.1, 0.15) is 35.7 Å². The van der Waals surface area contributed by atoms with Crippen LogP contribution >= 0.6 is 0 Å². The van der Waals surface area contributed by atoms with Gasteiger partial charge in [0.05, 0.1) is 0 Å². The highest BCUT2D eigenvalue weighted by molar-refractivity contribution is 5.86. The summed E-state index contributed by atoms with van der Waals surface area (Å²) in [4.78, 5) is 24.5. The predicted octanol–water partition coefficient (Wildman–Crippen LogP) is 3.99. The van der Waals surface area contributed by atoms with Crippen LogP contribution in [0.4, 0.5) is 0 Å². The molecule has 2 aromatic carbocycles.